The van der Waals surface area contributed by atoms with Crippen LogP contribution in [0.25, 0.3) is 0 Å². The van der Waals surface area contributed by atoms with E-state index in [0.717, 1.165) is 44.1 Å². The number of unbranched alkanes of at least 4 members (excludes halogenated alkanes) is 22. The normalized spacial score (nSPS) is 19.6. The maximum absolute atomic E-state index is 12.4. The van der Waals surface area contributed by atoms with Crippen molar-refractivity contribution in [2.75, 3.05) is 13.2 Å². The second-order valence-electron chi connectivity index (χ2n) is 16.7. The van der Waals surface area contributed by atoms with Crippen molar-refractivity contribution in [3.05, 3.63) is 11.6 Å². The van der Waals surface area contributed by atoms with Crippen LogP contribution in [0.3, 0.4) is 0 Å². The van der Waals surface area contributed by atoms with E-state index in [2.05, 4.69) is 13.8 Å². The lowest BCUT2D eigenvalue weighted by atomic mass is 9.98. The van der Waals surface area contributed by atoms with E-state index < -0.39 is 60.7 Å². The van der Waals surface area contributed by atoms with Gasteiger partial charge in [0.05, 0.1) is 6.61 Å². The summed E-state index contributed by atoms with van der Waals surface area (Å²) in [5.74, 6) is -3.07. The summed E-state index contributed by atoms with van der Waals surface area (Å²) in [6, 6.07) is 0. The number of ether oxygens (including phenoxy) is 7. The minimum atomic E-state index is -1.32. The molecule has 0 saturated carbocycles. The number of rotatable bonds is 36. The summed E-state index contributed by atoms with van der Waals surface area (Å²) in [5.41, 5.74) is 0.889. The largest absolute Gasteiger partial charge is 0.463 e. The first-order valence-corrected chi connectivity index (χ1v) is 23.7. The van der Waals surface area contributed by atoms with Gasteiger partial charge in [0.2, 0.25) is 0 Å². The van der Waals surface area contributed by atoms with Gasteiger partial charge in [-0.05, 0) is 37.3 Å². The molecule has 0 aromatic rings. The van der Waals surface area contributed by atoms with Crippen molar-refractivity contribution in [1.29, 1.82) is 0 Å². The monoisotopic (exact) mass is 853 g/mol. The van der Waals surface area contributed by atoms with Gasteiger partial charge in [0.15, 0.2) is 24.6 Å². The third-order valence-corrected chi connectivity index (χ3v) is 10.8. The highest BCUT2D eigenvalue weighted by atomic mass is 16.7. The quantitative estimate of drug-likeness (QED) is 0.0255. The van der Waals surface area contributed by atoms with Crippen LogP contribution in [-0.4, -0.2) is 79.9 Å². The Kier molecular flexibility index (Phi) is 32.6. The van der Waals surface area contributed by atoms with Crippen LogP contribution in [0.4, 0.5) is 0 Å². The molecule has 348 valence electrons. The Balaban J connectivity index is 3.11. The summed E-state index contributed by atoms with van der Waals surface area (Å²) in [6.45, 7) is 10.4. The second-order valence-corrected chi connectivity index (χ2v) is 16.7. The van der Waals surface area contributed by atoms with E-state index in [4.69, 9.17) is 33.2 Å². The highest BCUT2D eigenvalue weighted by molar-refractivity contribution is 5.69. The van der Waals surface area contributed by atoms with Crippen LogP contribution in [0.15, 0.2) is 11.6 Å². The van der Waals surface area contributed by atoms with E-state index in [9.17, 15) is 24.0 Å². The number of carbonyl (C=O) groups excluding carboxylic acids is 5. The standard InChI is InChI=1S/C48H84O12/c1-8-10-12-14-16-18-20-22-24-26-28-30-32-42(34-43(56-38(4)50)33-31-29-27-25-23-21-19-17-15-13-11-9-2)35-55-48-47(59-41(7)53)46(58-40(6)52)45(57-39(5)51)44(60-48)36-54-37(3)49/h34,43-48H,8-33,35-36H2,1-7H3/b42-34-/t43-,44-,45-,46+,47-,48-/m1/s1. The van der Waals surface area contributed by atoms with E-state index in [1.165, 1.54) is 150 Å². The molecule has 0 aromatic heterocycles. The topological polar surface area (TPSA) is 150 Å². The highest BCUT2D eigenvalue weighted by Gasteiger charge is 2.52. The SMILES string of the molecule is CCCCCCCCCCCCCC/C(=C/[C@@H](CCCCCCCCCCCCCC)OC(C)=O)CO[C@@H]1O[C@H](COC(C)=O)[C@@H](OC(C)=O)[C@H](OC(C)=O)[C@H]1OC(C)=O. The number of hydrogen-bond donors (Lipinski definition) is 0. The maximum atomic E-state index is 12.4. The molecular weight excluding hydrogens is 769 g/mol. The van der Waals surface area contributed by atoms with Gasteiger partial charge in [-0.1, -0.05) is 155 Å². The molecule has 1 aliphatic heterocycles. The van der Waals surface area contributed by atoms with E-state index >= 15 is 0 Å². The lowest BCUT2D eigenvalue weighted by Gasteiger charge is -2.44. The van der Waals surface area contributed by atoms with Crippen molar-refractivity contribution < 1.29 is 57.1 Å². The van der Waals surface area contributed by atoms with Crippen molar-refractivity contribution in [2.45, 2.75) is 252 Å². The van der Waals surface area contributed by atoms with Crippen LogP contribution in [0.5, 0.6) is 0 Å². The van der Waals surface area contributed by atoms with Crippen LogP contribution in [0.1, 0.15) is 215 Å². The molecule has 0 radical (unpaired) electrons. The molecular formula is C48H84O12. The van der Waals surface area contributed by atoms with E-state index in [0.29, 0.717) is 12.8 Å². The van der Waals surface area contributed by atoms with Crippen molar-refractivity contribution >= 4 is 29.8 Å². The van der Waals surface area contributed by atoms with Crippen molar-refractivity contribution in [3.8, 4) is 0 Å². The molecule has 1 rings (SSSR count). The van der Waals surface area contributed by atoms with Gasteiger partial charge in [0.1, 0.15) is 18.8 Å². The summed E-state index contributed by atoms with van der Waals surface area (Å²) < 4.78 is 40.3. The molecule has 1 saturated heterocycles. The van der Waals surface area contributed by atoms with E-state index in [-0.39, 0.29) is 19.2 Å². The number of esters is 5. The molecule has 0 aliphatic carbocycles. The van der Waals surface area contributed by atoms with Gasteiger partial charge in [-0.2, -0.15) is 0 Å². The summed E-state index contributed by atoms with van der Waals surface area (Å²) in [5, 5.41) is 0. The molecule has 12 heteroatoms. The molecule has 0 aromatic carbocycles. The fourth-order valence-electron chi connectivity index (χ4n) is 7.75. The van der Waals surface area contributed by atoms with Crippen molar-refractivity contribution in [2.24, 2.45) is 0 Å². The Bertz CT molecular complexity index is 1200. The van der Waals surface area contributed by atoms with Gasteiger partial charge in [0, 0.05) is 34.6 Å². The Morgan fingerprint density at radius 3 is 1.35 bits per heavy atom. The molecule has 0 amide bonds. The van der Waals surface area contributed by atoms with Crippen molar-refractivity contribution in [1.82, 2.24) is 0 Å². The lowest BCUT2D eigenvalue weighted by molar-refractivity contribution is -0.306. The highest BCUT2D eigenvalue weighted by Crippen LogP contribution is 2.31. The zero-order valence-corrected chi connectivity index (χ0v) is 38.7. The van der Waals surface area contributed by atoms with Crippen LogP contribution < -0.4 is 0 Å². The van der Waals surface area contributed by atoms with E-state index in [1.54, 1.807) is 0 Å². The molecule has 1 heterocycles. The molecule has 6 atom stereocenters. The second kappa shape index (κ2) is 35.6. The van der Waals surface area contributed by atoms with Gasteiger partial charge < -0.3 is 33.2 Å². The summed E-state index contributed by atoms with van der Waals surface area (Å²) in [7, 11) is 0. The third-order valence-electron chi connectivity index (χ3n) is 10.8. The first kappa shape index (κ1) is 55.0. The number of hydrogen-bond acceptors (Lipinski definition) is 12. The van der Waals surface area contributed by atoms with Crippen LogP contribution >= 0.6 is 0 Å². The summed E-state index contributed by atoms with van der Waals surface area (Å²) >= 11 is 0. The molecule has 0 bridgehead atoms. The fourth-order valence-corrected chi connectivity index (χ4v) is 7.75. The van der Waals surface area contributed by atoms with Crippen molar-refractivity contribution in [3.63, 3.8) is 0 Å². The van der Waals surface area contributed by atoms with Gasteiger partial charge in [-0.15, -0.1) is 0 Å². The lowest BCUT2D eigenvalue weighted by Crippen LogP contribution is -2.63. The Hall–Kier alpha value is -2.99. The maximum Gasteiger partial charge on any atom is 0.303 e. The smallest absolute Gasteiger partial charge is 0.303 e. The average molecular weight is 853 g/mol. The predicted octanol–water partition coefficient (Wildman–Crippen LogP) is 11.1. The molecule has 1 fully saturated rings. The Morgan fingerprint density at radius 2 is 0.917 bits per heavy atom. The van der Waals surface area contributed by atoms with Crippen LogP contribution in [0, 0.1) is 0 Å². The predicted molar refractivity (Wildman–Crippen MR) is 233 cm³/mol. The molecule has 0 unspecified atom stereocenters. The minimum Gasteiger partial charge on any atom is -0.463 e. The van der Waals surface area contributed by atoms with Gasteiger partial charge in [-0.25, -0.2) is 0 Å². The first-order chi connectivity index (χ1) is 28.9. The molecule has 12 nitrogen and oxygen atoms in total. The average Bonchev–Trinajstić information content (AvgIpc) is 3.18. The van der Waals surface area contributed by atoms with E-state index in [1.807, 2.05) is 6.08 Å². The summed E-state index contributed by atoms with van der Waals surface area (Å²) in [4.78, 5) is 61.0. The van der Waals surface area contributed by atoms with Gasteiger partial charge in [-0.3, -0.25) is 24.0 Å². The van der Waals surface area contributed by atoms with Gasteiger partial charge in [0.25, 0.3) is 0 Å². The fraction of sp³-hybridized carbons (Fsp3) is 0.854. The number of carbonyl (C=O) groups is 5. The third kappa shape index (κ3) is 28.5. The molecule has 0 spiro atoms. The minimum absolute atomic E-state index is 0.0297. The zero-order valence-electron chi connectivity index (χ0n) is 38.7. The molecule has 60 heavy (non-hydrogen) atoms. The summed E-state index contributed by atoms with van der Waals surface area (Å²) in [6.07, 6.45) is 26.0. The van der Waals surface area contributed by atoms with Crippen LogP contribution in [-0.2, 0) is 57.1 Å². The first-order valence-electron chi connectivity index (χ1n) is 23.7. The molecule has 1 aliphatic rings. The Labute approximate surface area is 363 Å². The van der Waals surface area contributed by atoms with Gasteiger partial charge >= 0.3 is 29.8 Å². The molecule has 0 N–H and O–H groups in total. The zero-order chi connectivity index (χ0) is 44.4. The van der Waals surface area contributed by atoms with Crippen LogP contribution in [0.2, 0.25) is 0 Å². The Morgan fingerprint density at radius 1 is 0.500 bits per heavy atom.